The van der Waals surface area contributed by atoms with Gasteiger partial charge in [0, 0.05) is 53.4 Å². The van der Waals surface area contributed by atoms with Gasteiger partial charge in [0.15, 0.2) is 0 Å². The minimum atomic E-state index is 0.794. The van der Waals surface area contributed by atoms with Crippen molar-refractivity contribution in [3.63, 3.8) is 0 Å². The monoisotopic (exact) mass is 346 g/mol. The van der Waals surface area contributed by atoms with Gasteiger partial charge in [0.25, 0.3) is 0 Å². The maximum absolute atomic E-state index is 4.53. The van der Waals surface area contributed by atoms with Crippen molar-refractivity contribution in [2.75, 3.05) is 11.6 Å². The van der Waals surface area contributed by atoms with E-state index in [1.54, 1.807) is 18.0 Å². The van der Waals surface area contributed by atoms with Crippen molar-refractivity contribution in [3.8, 4) is 0 Å². The standard InChI is InChI=1S/C20H18N4S/c1-25-18-6-2-5-17(10-18)23-20-11-19-16(13-22-20)7-9-24(19)14-15-4-3-8-21-12-15/h2-13H,14H2,1H3,(H,22,23). The highest BCUT2D eigenvalue weighted by Gasteiger charge is 2.05. The van der Waals surface area contributed by atoms with Crippen LogP contribution in [0.4, 0.5) is 11.5 Å². The van der Waals surface area contributed by atoms with Gasteiger partial charge in [-0.2, -0.15) is 0 Å². The summed E-state index contributed by atoms with van der Waals surface area (Å²) < 4.78 is 2.22. The first-order valence-electron chi connectivity index (χ1n) is 8.07. The molecule has 0 saturated carbocycles. The van der Waals surface area contributed by atoms with Crippen LogP contribution in [-0.4, -0.2) is 20.8 Å². The quantitative estimate of drug-likeness (QED) is 0.520. The SMILES string of the molecule is CSc1cccc(Nc2cc3c(ccn3Cc3cccnc3)cn2)c1. The Hall–Kier alpha value is -2.79. The van der Waals surface area contributed by atoms with Gasteiger partial charge in [0.05, 0.1) is 5.52 Å². The fourth-order valence-electron chi connectivity index (χ4n) is 2.83. The molecule has 0 aliphatic heterocycles. The van der Waals surface area contributed by atoms with Crippen LogP contribution >= 0.6 is 11.8 Å². The number of pyridine rings is 2. The van der Waals surface area contributed by atoms with Crippen molar-refractivity contribution >= 4 is 34.2 Å². The fourth-order valence-corrected chi connectivity index (χ4v) is 3.29. The van der Waals surface area contributed by atoms with Crippen LogP contribution in [0.3, 0.4) is 0 Å². The molecule has 0 unspecified atom stereocenters. The minimum Gasteiger partial charge on any atom is -0.343 e. The van der Waals surface area contributed by atoms with E-state index in [9.17, 15) is 0 Å². The van der Waals surface area contributed by atoms with Crippen molar-refractivity contribution in [1.29, 1.82) is 0 Å². The maximum atomic E-state index is 4.53. The Labute approximate surface area is 150 Å². The molecular weight excluding hydrogens is 328 g/mol. The molecule has 1 aromatic carbocycles. The summed E-state index contributed by atoms with van der Waals surface area (Å²) in [6.45, 7) is 0.794. The van der Waals surface area contributed by atoms with Gasteiger partial charge in [-0.05, 0) is 42.2 Å². The van der Waals surface area contributed by atoms with E-state index in [1.807, 2.05) is 18.5 Å². The molecule has 3 heterocycles. The Morgan fingerprint density at radius 3 is 2.88 bits per heavy atom. The lowest BCUT2D eigenvalue weighted by Gasteiger charge is -2.09. The van der Waals surface area contributed by atoms with Crippen LogP contribution in [0.25, 0.3) is 10.9 Å². The van der Waals surface area contributed by atoms with Crippen LogP contribution in [0.15, 0.2) is 78.2 Å². The topological polar surface area (TPSA) is 42.7 Å². The summed E-state index contributed by atoms with van der Waals surface area (Å²) in [5, 5.41) is 4.53. The number of fused-ring (bicyclic) bond motifs is 1. The molecule has 4 rings (SSSR count). The first-order chi connectivity index (χ1) is 12.3. The molecule has 4 nitrogen and oxygen atoms in total. The zero-order valence-corrected chi connectivity index (χ0v) is 14.7. The summed E-state index contributed by atoms with van der Waals surface area (Å²) in [4.78, 5) is 9.96. The molecule has 0 aliphatic rings. The lowest BCUT2D eigenvalue weighted by molar-refractivity contribution is 0.831. The van der Waals surface area contributed by atoms with Crippen molar-refractivity contribution in [1.82, 2.24) is 14.5 Å². The van der Waals surface area contributed by atoms with Gasteiger partial charge in [-0.3, -0.25) is 4.98 Å². The second-order valence-corrected chi connectivity index (χ2v) is 6.67. The highest BCUT2D eigenvalue weighted by molar-refractivity contribution is 7.98. The molecule has 4 aromatic rings. The average molecular weight is 346 g/mol. The van der Waals surface area contributed by atoms with E-state index in [4.69, 9.17) is 0 Å². The zero-order valence-electron chi connectivity index (χ0n) is 13.9. The van der Waals surface area contributed by atoms with Gasteiger partial charge in [0.1, 0.15) is 5.82 Å². The van der Waals surface area contributed by atoms with E-state index in [0.717, 1.165) is 29.0 Å². The van der Waals surface area contributed by atoms with E-state index in [1.165, 1.54) is 10.5 Å². The smallest absolute Gasteiger partial charge is 0.132 e. The van der Waals surface area contributed by atoms with Crippen molar-refractivity contribution in [2.24, 2.45) is 0 Å². The van der Waals surface area contributed by atoms with E-state index in [-0.39, 0.29) is 0 Å². The number of benzene rings is 1. The van der Waals surface area contributed by atoms with Gasteiger partial charge in [0.2, 0.25) is 0 Å². The predicted molar refractivity (Wildman–Crippen MR) is 105 cm³/mol. The molecule has 3 aromatic heterocycles. The third-order valence-corrected chi connectivity index (χ3v) is 4.80. The second-order valence-electron chi connectivity index (χ2n) is 5.79. The van der Waals surface area contributed by atoms with Crippen LogP contribution in [0.5, 0.6) is 0 Å². The lowest BCUT2D eigenvalue weighted by atomic mass is 10.2. The van der Waals surface area contributed by atoms with E-state index < -0.39 is 0 Å². The highest BCUT2D eigenvalue weighted by atomic mass is 32.2. The molecule has 25 heavy (non-hydrogen) atoms. The molecular formula is C20H18N4S. The molecule has 0 atom stereocenters. The molecule has 0 saturated heterocycles. The molecule has 1 N–H and O–H groups in total. The van der Waals surface area contributed by atoms with Gasteiger partial charge in [-0.1, -0.05) is 12.1 Å². The van der Waals surface area contributed by atoms with Crippen molar-refractivity contribution in [3.05, 3.63) is 78.9 Å². The third-order valence-electron chi connectivity index (χ3n) is 4.07. The minimum absolute atomic E-state index is 0.794. The van der Waals surface area contributed by atoms with Gasteiger partial charge in [-0.15, -0.1) is 11.8 Å². The average Bonchev–Trinajstić information content (AvgIpc) is 3.05. The summed E-state index contributed by atoms with van der Waals surface area (Å²) >= 11 is 1.73. The molecule has 0 spiro atoms. The lowest BCUT2D eigenvalue weighted by Crippen LogP contribution is -1.99. The van der Waals surface area contributed by atoms with Crippen molar-refractivity contribution in [2.45, 2.75) is 11.4 Å². The normalized spacial score (nSPS) is 10.9. The molecule has 5 heteroatoms. The first-order valence-corrected chi connectivity index (χ1v) is 9.29. The number of nitrogens with zero attached hydrogens (tertiary/aromatic N) is 3. The van der Waals surface area contributed by atoms with Gasteiger partial charge in [-0.25, -0.2) is 4.98 Å². The summed E-state index contributed by atoms with van der Waals surface area (Å²) in [6.07, 6.45) is 9.79. The van der Waals surface area contributed by atoms with Gasteiger partial charge >= 0.3 is 0 Å². The Morgan fingerprint density at radius 1 is 1.08 bits per heavy atom. The van der Waals surface area contributed by atoms with Crippen LogP contribution < -0.4 is 5.32 Å². The Bertz CT molecular complexity index is 995. The van der Waals surface area contributed by atoms with E-state index in [2.05, 4.69) is 74.8 Å². The fraction of sp³-hybridized carbons (Fsp3) is 0.100. The number of nitrogens with one attached hydrogen (secondary N) is 1. The molecule has 0 bridgehead atoms. The molecule has 0 fully saturated rings. The van der Waals surface area contributed by atoms with Crippen molar-refractivity contribution < 1.29 is 0 Å². The molecule has 0 amide bonds. The van der Waals surface area contributed by atoms with Crippen LogP contribution in [0.1, 0.15) is 5.56 Å². The number of thioether (sulfide) groups is 1. The second kappa shape index (κ2) is 6.99. The summed E-state index contributed by atoms with van der Waals surface area (Å²) in [7, 11) is 0. The number of anilines is 2. The Kier molecular flexibility index (Phi) is 4.39. The Balaban J connectivity index is 1.63. The number of rotatable bonds is 5. The Morgan fingerprint density at radius 2 is 2.04 bits per heavy atom. The third kappa shape index (κ3) is 3.51. The van der Waals surface area contributed by atoms with Crippen LogP contribution in [-0.2, 0) is 6.54 Å². The number of aromatic nitrogens is 3. The molecule has 0 aliphatic carbocycles. The summed E-state index contributed by atoms with van der Waals surface area (Å²) in [5.74, 6) is 0.844. The van der Waals surface area contributed by atoms with E-state index >= 15 is 0 Å². The number of hydrogen-bond donors (Lipinski definition) is 1. The maximum Gasteiger partial charge on any atom is 0.132 e. The van der Waals surface area contributed by atoms with Crippen LogP contribution in [0, 0.1) is 0 Å². The predicted octanol–water partition coefficient (Wildman–Crippen LogP) is 4.95. The van der Waals surface area contributed by atoms with Gasteiger partial charge < -0.3 is 9.88 Å². The first kappa shape index (κ1) is 15.7. The zero-order chi connectivity index (χ0) is 17.1. The summed E-state index contributed by atoms with van der Waals surface area (Å²) in [5.41, 5.74) is 3.38. The van der Waals surface area contributed by atoms with E-state index in [0.29, 0.717) is 0 Å². The number of hydrogen-bond acceptors (Lipinski definition) is 4. The highest BCUT2D eigenvalue weighted by Crippen LogP contribution is 2.24. The molecule has 124 valence electrons. The molecule has 0 radical (unpaired) electrons. The largest absolute Gasteiger partial charge is 0.343 e. The summed E-state index contributed by atoms with van der Waals surface area (Å²) in [6, 6.07) is 16.6. The van der Waals surface area contributed by atoms with Crippen LogP contribution in [0.2, 0.25) is 0 Å².